The summed E-state index contributed by atoms with van der Waals surface area (Å²) in [5.41, 5.74) is 6.39. The van der Waals surface area contributed by atoms with Crippen molar-refractivity contribution in [3.8, 4) is 0 Å². The van der Waals surface area contributed by atoms with Gasteiger partial charge in [-0.2, -0.15) is 0 Å². The van der Waals surface area contributed by atoms with Gasteiger partial charge in [-0.15, -0.1) is 11.3 Å². The third-order valence-electron chi connectivity index (χ3n) is 2.51. The van der Waals surface area contributed by atoms with Gasteiger partial charge in [0.1, 0.15) is 0 Å². The molecule has 0 saturated heterocycles. The average molecular weight is 263 g/mol. The molecule has 96 valence electrons. The Morgan fingerprint density at radius 3 is 3.17 bits per heavy atom. The van der Waals surface area contributed by atoms with Gasteiger partial charge in [0.2, 0.25) is 5.96 Å². The lowest BCUT2D eigenvalue weighted by molar-refractivity contribution is 0.801. The average Bonchev–Trinajstić information content (AvgIpc) is 2.85. The molecule has 0 fully saturated rings. The van der Waals surface area contributed by atoms with Crippen LogP contribution < -0.4 is 16.6 Å². The quantitative estimate of drug-likeness (QED) is 0.260. The fourth-order valence-corrected chi connectivity index (χ4v) is 2.26. The van der Waals surface area contributed by atoms with E-state index in [-0.39, 0.29) is 0 Å². The molecule has 1 heterocycles. The molecule has 2 aromatic rings. The molecule has 2 rings (SSSR count). The minimum absolute atomic E-state index is 0.590. The molecular weight excluding hydrogens is 246 g/mol. The number of thiazole rings is 1. The maximum atomic E-state index is 5.44. The van der Waals surface area contributed by atoms with Gasteiger partial charge in [-0.3, -0.25) is 10.4 Å². The molecule has 6 heteroatoms. The maximum Gasteiger partial charge on any atom is 0.210 e. The van der Waals surface area contributed by atoms with Gasteiger partial charge >= 0.3 is 0 Å². The van der Waals surface area contributed by atoms with Crippen molar-refractivity contribution >= 4 is 33.2 Å². The first-order chi connectivity index (χ1) is 8.83. The van der Waals surface area contributed by atoms with E-state index in [9.17, 15) is 0 Å². The normalized spacial score (nSPS) is 11.8. The number of nitrogens with zero attached hydrogens (tertiary/aromatic N) is 2. The minimum Gasteiger partial charge on any atom is -0.325 e. The lowest BCUT2D eigenvalue weighted by Gasteiger charge is -2.08. The fourth-order valence-electron chi connectivity index (χ4n) is 1.54. The summed E-state index contributed by atoms with van der Waals surface area (Å²) in [5.74, 6) is 6.03. The number of rotatable bonds is 4. The second-order valence-corrected chi connectivity index (χ2v) is 4.77. The number of guanidine groups is 1. The standard InChI is InChI=1S/C12H17N5S/c1-2-3-6-14-12(17-13)16-9-4-5-10-11(7-9)18-8-15-10/h4-5,7-8H,2-3,6,13H2,1H3,(H2,14,16,17). The van der Waals surface area contributed by atoms with Crippen molar-refractivity contribution in [2.45, 2.75) is 19.8 Å². The van der Waals surface area contributed by atoms with Gasteiger partial charge in [-0.25, -0.2) is 10.8 Å². The van der Waals surface area contributed by atoms with Crippen molar-refractivity contribution in [2.24, 2.45) is 10.8 Å². The summed E-state index contributed by atoms with van der Waals surface area (Å²) in [5, 5.41) is 3.16. The summed E-state index contributed by atoms with van der Waals surface area (Å²) in [4.78, 5) is 8.59. The number of unbranched alkanes of at least 4 members (excludes halogenated alkanes) is 1. The van der Waals surface area contributed by atoms with Crippen LogP contribution in [0, 0.1) is 0 Å². The van der Waals surface area contributed by atoms with Gasteiger partial charge < -0.3 is 5.32 Å². The molecule has 0 atom stereocenters. The number of anilines is 1. The highest BCUT2D eigenvalue weighted by molar-refractivity contribution is 7.16. The van der Waals surface area contributed by atoms with Crippen LogP contribution >= 0.6 is 11.3 Å². The first-order valence-corrected chi connectivity index (χ1v) is 6.82. The number of nitrogens with two attached hydrogens (primary N) is 1. The van der Waals surface area contributed by atoms with E-state index in [1.165, 1.54) is 0 Å². The summed E-state index contributed by atoms with van der Waals surface area (Å²) in [7, 11) is 0. The molecule has 0 spiro atoms. The number of nitrogens with one attached hydrogen (secondary N) is 2. The Labute approximate surface area is 110 Å². The second-order valence-electron chi connectivity index (χ2n) is 3.89. The van der Waals surface area contributed by atoms with Crippen LogP contribution in [0.3, 0.4) is 0 Å². The number of aromatic nitrogens is 1. The number of benzene rings is 1. The van der Waals surface area contributed by atoms with Crippen LogP contribution in [-0.4, -0.2) is 17.5 Å². The van der Waals surface area contributed by atoms with E-state index >= 15 is 0 Å². The van der Waals surface area contributed by atoms with E-state index in [1.807, 2.05) is 23.7 Å². The Kier molecular flexibility index (Phi) is 4.49. The lowest BCUT2D eigenvalue weighted by Crippen LogP contribution is -2.36. The summed E-state index contributed by atoms with van der Waals surface area (Å²) < 4.78 is 1.14. The molecule has 1 aromatic carbocycles. The largest absolute Gasteiger partial charge is 0.325 e. The Balaban J connectivity index is 2.08. The molecule has 0 bridgehead atoms. The van der Waals surface area contributed by atoms with Crippen LogP contribution in [0.25, 0.3) is 10.2 Å². The lowest BCUT2D eigenvalue weighted by atomic mass is 10.3. The summed E-state index contributed by atoms with van der Waals surface area (Å²) in [6, 6.07) is 5.99. The van der Waals surface area contributed by atoms with Crippen molar-refractivity contribution < 1.29 is 0 Å². The molecule has 0 radical (unpaired) electrons. The van der Waals surface area contributed by atoms with Crippen LogP contribution in [0.15, 0.2) is 28.7 Å². The van der Waals surface area contributed by atoms with Crippen LogP contribution in [0.1, 0.15) is 19.8 Å². The molecule has 0 unspecified atom stereocenters. The van der Waals surface area contributed by atoms with Gasteiger partial charge in [-0.05, 0) is 24.6 Å². The first kappa shape index (κ1) is 12.8. The van der Waals surface area contributed by atoms with Gasteiger partial charge in [0, 0.05) is 12.2 Å². The molecule has 4 N–H and O–H groups in total. The van der Waals surface area contributed by atoms with Crippen molar-refractivity contribution in [3.63, 3.8) is 0 Å². The van der Waals surface area contributed by atoms with E-state index < -0.39 is 0 Å². The van der Waals surface area contributed by atoms with Crippen LogP contribution in [0.4, 0.5) is 5.69 Å². The highest BCUT2D eigenvalue weighted by Crippen LogP contribution is 2.21. The highest BCUT2D eigenvalue weighted by Gasteiger charge is 2.01. The summed E-state index contributed by atoms with van der Waals surface area (Å²) >= 11 is 1.62. The van der Waals surface area contributed by atoms with E-state index in [1.54, 1.807) is 11.3 Å². The molecule has 18 heavy (non-hydrogen) atoms. The molecule has 0 amide bonds. The Hall–Kier alpha value is -1.66. The van der Waals surface area contributed by atoms with Gasteiger partial charge in [-0.1, -0.05) is 13.3 Å². The zero-order valence-electron chi connectivity index (χ0n) is 10.3. The van der Waals surface area contributed by atoms with Crippen molar-refractivity contribution in [1.29, 1.82) is 0 Å². The molecule has 0 saturated carbocycles. The predicted molar refractivity (Wildman–Crippen MR) is 77.8 cm³/mol. The highest BCUT2D eigenvalue weighted by atomic mass is 32.1. The minimum atomic E-state index is 0.590. The first-order valence-electron chi connectivity index (χ1n) is 5.95. The maximum absolute atomic E-state index is 5.44. The molecular formula is C12H17N5S. The second kappa shape index (κ2) is 6.32. The molecule has 5 nitrogen and oxygen atoms in total. The Bertz CT molecular complexity index is 534. The SMILES string of the molecule is CCCCN=C(NN)Nc1ccc2ncsc2c1. The number of aliphatic imine (C=N–C) groups is 1. The van der Waals surface area contributed by atoms with Crippen LogP contribution in [0.5, 0.6) is 0 Å². The molecule has 0 aliphatic carbocycles. The molecule has 0 aliphatic heterocycles. The number of hydrazine groups is 1. The fraction of sp³-hybridized carbons (Fsp3) is 0.333. The van der Waals surface area contributed by atoms with Gasteiger partial charge in [0.05, 0.1) is 15.7 Å². The van der Waals surface area contributed by atoms with E-state index in [2.05, 4.69) is 27.6 Å². The Morgan fingerprint density at radius 1 is 1.50 bits per heavy atom. The summed E-state index contributed by atoms with van der Waals surface area (Å²) in [6.07, 6.45) is 2.18. The van der Waals surface area contributed by atoms with Crippen molar-refractivity contribution in [2.75, 3.05) is 11.9 Å². The predicted octanol–water partition coefficient (Wildman–Crippen LogP) is 2.33. The third-order valence-corrected chi connectivity index (χ3v) is 3.30. The van der Waals surface area contributed by atoms with Gasteiger partial charge in [0.25, 0.3) is 0 Å². The molecule has 0 aliphatic rings. The topological polar surface area (TPSA) is 75.3 Å². The van der Waals surface area contributed by atoms with Gasteiger partial charge in [0.15, 0.2) is 0 Å². The third kappa shape index (κ3) is 3.18. The number of hydrogen-bond acceptors (Lipinski definition) is 4. The van der Waals surface area contributed by atoms with Crippen LogP contribution in [-0.2, 0) is 0 Å². The zero-order chi connectivity index (χ0) is 12.8. The van der Waals surface area contributed by atoms with E-state index in [0.29, 0.717) is 5.96 Å². The molecule has 1 aromatic heterocycles. The monoisotopic (exact) mass is 263 g/mol. The number of fused-ring (bicyclic) bond motifs is 1. The van der Waals surface area contributed by atoms with Crippen molar-refractivity contribution in [1.82, 2.24) is 10.4 Å². The van der Waals surface area contributed by atoms with E-state index in [0.717, 1.165) is 35.3 Å². The summed E-state index contributed by atoms with van der Waals surface area (Å²) in [6.45, 7) is 2.90. The van der Waals surface area contributed by atoms with Crippen molar-refractivity contribution in [3.05, 3.63) is 23.7 Å². The van der Waals surface area contributed by atoms with E-state index in [4.69, 9.17) is 5.84 Å². The Morgan fingerprint density at radius 2 is 2.39 bits per heavy atom. The zero-order valence-corrected chi connectivity index (χ0v) is 11.1. The smallest absolute Gasteiger partial charge is 0.210 e. The number of hydrogen-bond donors (Lipinski definition) is 3. The van der Waals surface area contributed by atoms with Crippen LogP contribution in [0.2, 0.25) is 0 Å².